The molecule has 0 bridgehead atoms. The van der Waals surface area contributed by atoms with Crippen LogP contribution in [0.25, 0.3) is 0 Å². The number of rotatable bonds is 3. The molecule has 0 saturated carbocycles. The lowest BCUT2D eigenvalue weighted by Crippen LogP contribution is -2.12. The van der Waals surface area contributed by atoms with Crippen molar-refractivity contribution in [3.05, 3.63) is 28.8 Å². The fraction of sp³-hybridized carbons (Fsp3) is 0.300. The Balaban J connectivity index is 2.78. The molecule has 14 heavy (non-hydrogen) atoms. The SMILES string of the molecule is C[C@H](Cc1ccc(Cl)c(N)c1)C(=O)O. The van der Waals surface area contributed by atoms with E-state index in [-0.39, 0.29) is 0 Å². The van der Waals surface area contributed by atoms with E-state index in [9.17, 15) is 4.79 Å². The highest BCUT2D eigenvalue weighted by atomic mass is 35.5. The smallest absolute Gasteiger partial charge is 0.306 e. The molecule has 0 aliphatic rings. The van der Waals surface area contributed by atoms with E-state index in [0.717, 1.165) is 5.56 Å². The standard InChI is InChI=1S/C10H12ClNO2/c1-6(10(13)14)4-7-2-3-8(11)9(12)5-7/h2-3,5-6H,4,12H2,1H3,(H,13,14)/t6-/m1/s1. The van der Waals surface area contributed by atoms with Crippen LogP contribution in [0.15, 0.2) is 18.2 Å². The van der Waals surface area contributed by atoms with Gasteiger partial charge in [-0.25, -0.2) is 0 Å². The number of halogens is 1. The molecule has 0 fully saturated rings. The highest BCUT2D eigenvalue weighted by molar-refractivity contribution is 6.33. The summed E-state index contributed by atoms with van der Waals surface area (Å²) in [6.45, 7) is 1.66. The van der Waals surface area contributed by atoms with E-state index in [1.807, 2.05) is 0 Å². The maximum absolute atomic E-state index is 10.6. The second kappa shape index (κ2) is 4.33. The second-order valence-corrected chi connectivity index (χ2v) is 3.71. The van der Waals surface area contributed by atoms with Crippen molar-refractivity contribution in [1.82, 2.24) is 0 Å². The van der Waals surface area contributed by atoms with Crippen LogP contribution < -0.4 is 5.73 Å². The normalized spacial score (nSPS) is 12.4. The molecule has 0 spiro atoms. The summed E-state index contributed by atoms with van der Waals surface area (Å²) < 4.78 is 0. The molecular formula is C10H12ClNO2. The summed E-state index contributed by atoms with van der Waals surface area (Å²) in [7, 11) is 0. The summed E-state index contributed by atoms with van der Waals surface area (Å²) >= 11 is 5.74. The average Bonchev–Trinajstić information content (AvgIpc) is 2.11. The zero-order valence-corrected chi connectivity index (χ0v) is 8.58. The molecule has 0 heterocycles. The number of carbonyl (C=O) groups is 1. The molecule has 3 nitrogen and oxygen atoms in total. The molecule has 0 unspecified atom stereocenters. The third-order valence-corrected chi connectivity index (χ3v) is 2.37. The molecule has 1 aromatic rings. The Morgan fingerprint density at radius 3 is 2.79 bits per heavy atom. The van der Waals surface area contributed by atoms with Crippen molar-refractivity contribution in [2.75, 3.05) is 5.73 Å². The van der Waals surface area contributed by atoms with Crippen LogP contribution in [0, 0.1) is 5.92 Å². The maximum Gasteiger partial charge on any atom is 0.306 e. The Morgan fingerprint density at radius 2 is 2.29 bits per heavy atom. The zero-order chi connectivity index (χ0) is 10.7. The summed E-state index contributed by atoms with van der Waals surface area (Å²) in [5.74, 6) is -1.21. The van der Waals surface area contributed by atoms with Crippen LogP contribution in [0.3, 0.4) is 0 Å². The molecule has 1 atom stereocenters. The average molecular weight is 214 g/mol. The fourth-order valence-corrected chi connectivity index (χ4v) is 1.28. The maximum atomic E-state index is 10.6. The van der Waals surface area contributed by atoms with Gasteiger partial charge in [-0.1, -0.05) is 24.6 Å². The van der Waals surface area contributed by atoms with Gasteiger partial charge in [-0.15, -0.1) is 0 Å². The molecule has 0 aliphatic heterocycles. The molecule has 0 saturated heterocycles. The van der Waals surface area contributed by atoms with Gasteiger partial charge in [0, 0.05) is 0 Å². The number of nitrogens with two attached hydrogens (primary N) is 1. The third kappa shape index (κ3) is 2.64. The van der Waals surface area contributed by atoms with Gasteiger partial charge in [0.25, 0.3) is 0 Å². The summed E-state index contributed by atoms with van der Waals surface area (Å²) in [6, 6.07) is 5.18. The summed E-state index contributed by atoms with van der Waals surface area (Å²) in [5.41, 5.74) is 6.97. The van der Waals surface area contributed by atoms with Crippen molar-refractivity contribution in [2.24, 2.45) is 5.92 Å². The van der Waals surface area contributed by atoms with E-state index < -0.39 is 11.9 Å². The van der Waals surface area contributed by atoms with E-state index in [0.29, 0.717) is 17.1 Å². The number of hydrogen-bond donors (Lipinski definition) is 2. The molecule has 1 aromatic carbocycles. The first-order chi connectivity index (χ1) is 6.50. The summed E-state index contributed by atoms with van der Waals surface area (Å²) in [6.07, 6.45) is 0.469. The Labute approximate surface area is 87.5 Å². The molecule has 4 heteroatoms. The van der Waals surface area contributed by atoms with Crippen LogP contribution in [0.1, 0.15) is 12.5 Å². The molecule has 0 aromatic heterocycles. The third-order valence-electron chi connectivity index (χ3n) is 2.02. The van der Waals surface area contributed by atoms with Crippen molar-refractivity contribution in [3.63, 3.8) is 0 Å². The first kappa shape index (κ1) is 10.9. The van der Waals surface area contributed by atoms with Gasteiger partial charge in [0.2, 0.25) is 0 Å². The van der Waals surface area contributed by atoms with Crippen LogP contribution in [-0.4, -0.2) is 11.1 Å². The number of carboxylic acid groups (broad SMARTS) is 1. The Hall–Kier alpha value is -1.22. The van der Waals surface area contributed by atoms with Crippen molar-refractivity contribution in [2.45, 2.75) is 13.3 Å². The van der Waals surface area contributed by atoms with E-state index in [1.54, 1.807) is 25.1 Å². The van der Waals surface area contributed by atoms with Crippen LogP contribution in [-0.2, 0) is 11.2 Å². The highest BCUT2D eigenvalue weighted by Gasteiger charge is 2.11. The molecule has 0 amide bonds. The second-order valence-electron chi connectivity index (χ2n) is 3.30. The highest BCUT2D eigenvalue weighted by Crippen LogP contribution is 2.21. The molecule has 76 valence electrons. The largest absolute Gasteiger partial charge is 0.481 e. The predicted octanol–water partition coefficient (Wildman–Crippen LogP) is 2.19. The molecule has 3 N–H and O–H groups in total. The van der Waals surface area contributed by atoms with Crippen molar-refractivity contribution < 1.29 is 9.90 Å². The number of anilines is 1. The van der Waals surface area contributed by atoms with Gasteiger partial charge in [-0.3, -0.25) is 4.79 Å². The molecular weight excluding hydrogens is 202 g/mol. The van der Waals surface area contributed by atoms with E-state index in [2.05, 4.69) is 0 Å². The van der Waals surface area contributed by atoms with Gasteiger partial charge < -0.3 is 10.8 Å². The summed E-state index contributed by atoms with van der Waals surface area (Å²) in [4.78, 5) is 10.6. The van der Waals surface area contributed by atoms with Gasteiger partial charge in [0.1, 0.15) is 0 Å². The first-order valence-electron chi connectivity index (χ1n) is 4.27. The minimum absolute atomic E-state index is 0.407. The van der Waals surface area contributed by atoms with Crippen LogP contribution >= 0.6 is 11.6 Å². The van der Waals surface area contributed by atoms with Gasteiger partial charge in [-0.05, 0) is 24.1 Å². The number of hydrogen-bond acceptors (Lipinski definition) is 2. The Bertz CT molecular complexity index is 352. The first-order valence-corrected chi connectivity index (χ1v) is 4.65. The topological polar surface area (TPSA) is 63.3 Å². The fourth-order valence-electron chi connectivity index (χ4n) is 1.16. The molecule has 1 rings (SSSR count). The lowest BCUT2D eigenvalue weighted by atomic mass is 10.0. The predicted molar refractivity (Wildman–Crippen MR) is 56.4 cm³/mol. The molecule has 0 radical (unpaired) electrons. The zero-order valence-electron chi connectivity index (χ0n) is 7.83. The number of nitrogen functional groups attached to an aromatic ring is 1. The number of benzene rings is 1. The number of aliphatic carboxylic acids is 1. The van der Waals surface area contributed by atoms with Gasteiger partial charge in [-0.2, -0.15) is 0 Å². The minimum atomic E-state index is -0.807. The lowest BCUT2D eigenvalue weighted by Gasteiger charge is -2.07. The van der Waals surface area contributed by atoms with Crippen LogP contribution in [0.2, 0.25) is 5.02 Å². The monoisotopic (exact) mass is 213 g/mol. The van der Waals surface area contributed by atoms with Crippen LogP contribution in [0.5, 0.6) is 0 Å². The van der Waals surface area contributed by atoms with Crippen molar-refractivity contribution in [3.8, 4) is 0 Å². The van der Waals surface area contributed by atoms with Crippen molar-refractivity contribution >= 4 is 23.3 Å². The summed E-state index contributed by atoms with van der Waals surface area (Å²) in [5, 5.41) is 9.21. The lowest BCUT2D eigenvalue weighted by molar-refractivity contribution is -0.141. The van der Waals surface area contributed by atoms with E-state index in [4.69, 9.17) is 22.4 Å². The molecule has 0 aliphatic carbocycles. The van der Waals surface area contributed by atoms with Crippen LogP contribution in [0.4, 0.5) is 5.69 Å². The van der Waals surface area contributed by atoms with E-state index in [1.165, 1.54) is 0 Å². The Kier molecular flexibility index (Phi) is 3.36. The number of carboxylic acids is 1. The quantitative estimate of drug-likeness (QED) is 0.757. The van der Waals surface area contributed by atoms with Crippen molar-refractivity contribution in [1.29, 1.82) is 0 Å². The minimum Gasteiger partial charge on any atom is -0.481 e. The van der Waals surface area contributed by atoms with Gasteiger partial charge in [0.15, 0.2) is 0 Å². The van der Waals surface area contributed by atoms with Gasteiger partial charge in [0.05, 0.1) is 16.6 Å². The van der Waals surface area contributed by atoms with E-state index >= 15 is 0 Å². The van der Waals surface area contributed by atoms with Gasteiger partial charge >= 0.3 is 5.97 Å². The Morgan fingerprint density at radius 1 is 1.64 bits per heavy atom.